The molecule has 0 radical (unpaired) electrons. The number of hydrogen-bond donors (Lipinski definition) is 2. The number of anilines is 1. The van der Waals surface area contributed by atoms with Gasteiger partial charge in [0.05, 0.1) is 12.7 Å². The summed E-state index contributed by atoms with van der Waals surface area (Å²) >= 11 is 6.62. The molecule has 0 saturated carbocycles. The van der Waals surface area contributed by atoms with Crippen LogP contribution >= 0.6 is 23.6 Å². The summed E-state index contributed by atoms with van der Waals surface area (Å²) in [6.45, 7) is -0.371. The fourth-order valence-electron chi connectivity index (χ4n) is 3.39. The van der Waals surface area contributed by atoms with Gasteiger partial charge in [-0.15, -0.1) is 11.3 Å². The normalized spacial score (nSPS) is 16.4. The van der Waals surface area contributed by atoms with Crippen molar-refractivity contribution in [2.75, 3.05) is 19.0 Å². The summed E-state index contributed by atoms with van der Waals surface area (Å²) in [7, 11) is 1.33. The van der Waals surface area contributed by atoms with E-state index in [0.717, 1.165) is 47.4 Å². The van der Waals surface area contributed by atoms with Crippen LogP contribution < -0.4 is 10.6 Å². The predicted octanol–water partition coefficient (Wildman–Crippen LogP) is 1.77. The van der Waals surface area contributed by atoms with Crippen molar-refractivity contribution in [1.82, 2.24) is 10.2 Å². The van der Waals surface area contributed by atoms with Crippen LogP contribution in [0.4, 0.5) is 5.00 Å². The monoisotopic (exact) mass is 423 g/mol. The number of esters is 1. The number of imide groups is 1. The summed E-state index contributed by atoms with van der Waals surface area (Å²) in [6, 6.07) is 0. The van der Waals surface area contributed by atoms with Crippen LogP contribution in [0.5, 0.6) is 0 Å². The predicted molar refractivity (Wildman–Crippen MR) is 107 cm³/mol. The molecule has 0 spiro atoms. The van der Waals surface area contributed by atoms with E-state index in [2.05, 4.69) is 10.6 Å². The first kappa shape index (κ1) is 20.4. The number of rotatable bonds is 4. The molecule has 1 aromatic rings. The molecule has 1 fully saturated rings. The van der Waals surface area contributed by atoms with Gasteiger partial charge in [0.2, 0.25) is 17.7 Å². The molecule has 2 heterocycles. The van der Waals surface area contributed by atoms with Gasteiger partial charge in [0.1, 0.15) is 11.5 Å². The first-order valence-electron chi connectivity index (χ1n) is 9.07. The summed E-state index contributed by atoms with van der Waals surface area (Å²) < 4.78 is 4.93. The lowest BCUT2D eigenvalue weighted by Crippen LogP contribution is -2.43. The van der Waals surface area contributed by atoms with Gasteiger partial charge in [0.25, 0.3) is 0 Å². The van der Waals surface area contributed by atoms with E-state index >= 15 is 0 Å². The molecule has 0 aromatic carbocycles. The molecule has 1 aliphatic carbocycles. The number of methoxy groups -OCH3 is 1. The van der Waals surface area contributed by atoms with E-state index in [9.17, 15) is 19.2 Å². The number of nitrogens with one attached hydrogen (secondary N) is 2. The van der Waals surface area contributed by atoms with Gasteiger partial charge in [-0.05, 0) is 43.5 Å². The Morgan fingerprint density at radius 1 is 1.11 bits per heavy atom. The highest BCUT2D eigenvalue weighted by atomic mass is 32.1. The Labute approximate surface area is 171 Å². The first-order chi connectivity index (χ1) is 13.4. The zero-order valence-electron chi connectivity index (χ0n) is 15.5. The topological polar surface area (TPSA) is 105 Å². The Morgan fingerprint density at radius 2 is 1.79 bits per heavy atom. The zero-order valence-corrected chi connectivity index (χ0v) is 17.1. The minimum atomic E-state index is -0.571. The molecule has 2 N–H and O–H groups in total. The second-order valence-corrected chi connectivity index (χ2v) is 8.15. The number of carbonyl (C=O) groups excluding carboxylic acids is 4. The van der Waals surface area contributed by atoms with Crippen molar-refractivity contribution < 1.29 is 23.9 Å². The third-order valence-corrected chi connectivity index (χ3v) is 6.16. The maximum absolute atomic E-state index is 12.3. The molecule has 150 valence electrons. The highest BCUT2D eigenvalue weighted by Crippen LogP contribution is 2.37. The number of aryl methyl sites for hydroxylation is 1. The summed E-state index contributed by atoms with van der Waals surface area (Å²) in [5.41, 5.74) is 1.45. The van der Waals surface area contributed by atoms with Crippen molar-refractivity contribution in [3.8, 4) is 0 Å². The van der Waals surface area contributed by atoms with E-state index in [1.165, 1.54) is 18.4 Å². The smallest absolute Gasteiger partial charge is 0.341 e. The number of amides is 3. The van der Waals surface area contributed by atoms with Gasteiger partial charge in [-0.1, -0.05) is 6.42 Å². The number of hydrogen-bond acceptors (Lipinski definition) is 7. The third-order valence-electron chi connectivity index (χ3n) is 4.75. The number of likely N-dealkylation sites (tertiary alicyclic amines) is 1. The molecular formula is C18H21N3O5S2. The molecule has 1 aromatic heterocycles. The standard InChI is InChI=1S/C18H21N3O5S2/c1-26-17(25)15-10-5-3-2-4-6-11(10)28-16(15)20-18(27)19-12(22)9-21-13(23)7-8-14(21)24/h2-9H2,1H3,(H2,19,20,22,27). The fourth-order valence-corrected chi connectivity index (χ4v) is 4.95. The summed E-state index contributed by atoms with van der Waals surface area (Å²) in [4.78, 5) is 49.7. The molecule has 3 rings (SSSR count). The molecule has 28 heavy (non-hydrogen) atoms. The van der Waals surface area contributed by atoms with Gasteiger partial charge < -0.3 is 15.4 Å². The SMILES string of the molecule is COC(=O)c1c(NC(=S)NC(=O)CN2C(=O)CCC2=O)sc2c1CCCCC2. The molecule has 8 nitrogen and oxygen atoms in total. The van der Waals surface area contributed by atoms with E-state index in [-0.39, 0.29) is 36.3 Å². The molecule has 0 bridgehead atoms. The van der Waals surface area contributed by atoms with E-state index in [1.807, 2.05) is 0 Å². The van der Waals surface area contributed by atoms with E-state index in [1.54, 1.807) is 0 Å². The van der Waals surface area contributed by atoms with Crippen molar-refractivity contribution in [2.24, 2.45) is 0 Å². The van der Waals surface area contributed by atoms with Crippen LogP contribution in [0.25, 0.3) is 0 Å². The maximum atomic E-state index is 12.3. The Kier molecular flexibility index (Phi) is 6.40. The maximum Gasteiger partial charge on any atom is 0.341 e. The minimum absolute atomic E-state index is 0.00524. The number of fused-ring (bicyclic) bond motifs is 1. The molecule has 10 heteroatoms. The van der Waals surface area contributed by atoms with Crippen molar-refractivity contribution in [1.29, 1.82) is 0 Å². The Bertz CT molecular complexity index is 833. The number of ether oxygens (including phenoxy) is 1. The van der Waals surface area contributed by atoms with Crippen molar-refractivity contribution in [3.63, 3.8) is 0 Å². The van der Waals surface area contributed by atoms with Crippen LogP contribution in [0, 0.1) is 0 Å². The van der Waals surface area contributed by atoms with Crippen LogP contribution in [-0.2, 0) is 32.0 Å². The molecule has 3 amide bonds. The average Bonchev–Trinajstić information content (AvgIpc) is 3.04. The lowest BCUT2D eigenvalue weighted by Gasteiger charge is -2.14. The highest BCUT2D eigenvalue weighted by Gasteiger charge is 2.31. The van der Waals surface area contributed by atoms with E-state index in [0.29, 0.717) is 10.6 Å². The lowest BCUT2D eigenvalue weighted by molar-refractivity contribution is -0.142. The third kappa shape index (κ3) is 4.39. The Hall–Kier alpha value is -2.33. The van der Waals surface area contributed by atoms with Crippen LogP contribution in [0.3, 0.4) is 0 Å². The lowest BCUT2D eigenvalue weighted by atomic mass is 10.1. The minimum Gasteiger partial charge on any atom is -0.465 e. The van der Waals surface area contributed by atoms with Crippen LogP contribution in [0.1, 0.15) is 52.9 Å². The first-order valence-corrected chi connectivity index (χ1v) is 10.3. The second-order valence-electron chi connectivity index (χ2n) is 6.64. The van der Waals surface area contributed by atoms with Gasteiger partial charge >= 0.3 is 5.97 Å². The quantitative estimate of drug-likeness (QED) is 0.329. The number of thiophene rings is 1. The Morgan fingerprint density at radius 3 is 2.46 bits per heavy atom. The number of thiocarbonyl (C=S) groups is 1. The van der Waals surface area contributed by atoms with Crippen molar-refractivity contribution >= 4 is 57.4 Å². The zero-order chi connectivity index (χ0) is 20.3. The number of nitrogens with zero attached hydrogens (tertiary/aromatic N) is 1. The van der Waals surface area contributed by atoms with Crippen LogP contribution in [-0.4, -0.2) is 47.4 Å². The second kappa shape index (κ2) is 8.78. The van der Waals surface area contributed by atoms with Gasteiger partial charge in [-0.3, -0.25) is 19.3 Å². The van der Waals surface area contributed by atoms with E-state index in [4.69, 9.17) is 17.0 Å². The molecule has 0 atom stereocenters. The summed E-state index contributed by atoms with van der Waals surface area (Å²) in [6.07, 6.45) is 5.13. The molecule has 0 unspecified atom stereocenters. The van der Waals surface area contributed by atoms with Crippen LogP contribution in [0.15, 0.2) is 0 Å². The molecule has 2 aliphatic rings. The highest BCUT2D eigenvalue weighted by molar-refractivity contribution is 7.80. The van der Waals surface area contributed by atoms with Crippen LogP contribution in [0.2, 0.25) is 0 Å². The number of carbonyl (C=O) groups is 4. The molecule has 1 aliphatic heterocycles. The average molecular weight is 424 g/mol. The summed E-state index contributed by atoms with van der Waals surface area (Å²) in [5, 5.41) is 5.92. The largest absolute Gasteiger partial charge is 0.465 e. The van der Waals surface area contributed by atoms with E-state index < -0.39 is 11.9 Å². The molecule has 1 saturated heterocycles. The van der Waals surface area contributed by atoms with Crippen molar-refractivity contribution in [3.05, 3.63) is 16.0 Å². The van der Waals surface area contributed by atoms with Gasteiger partial charge in [0, 0.05) is 17.7 Å². The van der Waals surface area contributed by atoms with Gasteiger partial charge in [0.15, 0.2) is 5.11 Å². The van der Waals surface area contributed by atoms with Gasteiger partial charge in [-0.25, -0.2) is 4.79 Å². The van der Waals surface area contributed by atoms with Gasteiger partial charge in [-0.2, -0.15) is 0 Å². The summed E-state index contributed by atoms with van der Waals surface area (Å²) in [5.74, 6) is -1.74. The Balaban J connectivity index is 1.69. The fraction of sp³-hybridized carbons (Fsp3) is 0.500. The molecular weight excluding hydrogens is 402 g/mol. The van der Waals surface area contributed by atoms with Crippen molar-refractivity contribution in [2.45, 2.75) is 44.9 Å².